The highest BCUT2D eigenvalue weighted by Crippen LogP contribution is 2.25. The molecule has 0 aliphatic rings. The van der Waals surface area contributed by atoms with E-state index in [-0.39, 0.29) is 5.92 Å². The number of allylic oxidation sites excluding steroid dienone is 2. The van der Waals surface area contributed by atoms with Gasteiger partial charge in [-0.15, -0.1) is 0 Å². The SMILES string of the molecule is CC=CCC(CC=S)c1n[nH]c(Cc2ccc(-c3ccccc3C(=O)O)cc2)n1. The normalized spacial score (nSPS) is 12.2. The van der Waals surface area contributed by atoms with Gasteiger partial charge in [0.2, 0.25) is 0 Å². The van der Waals surface area contributed by atoms with E-state index < -0.39 is 5.97 Å². The summed E-state index contributed by atoms with van der Waals surface area (Å²) in [6.07, 6.45) is 6.37. The fourth-order valence-electron chi connectivity index (χ4n) is 3.21. The number of thiocarbonyl (C=S) groups is 1. The zero-order valence-electron chi connectivity index (χ0n) is 16.2. The van der Waals surface area contributed by atoms with Crippen molar-refractivity contribution in [3.8, 4) is 11.1 Å². The molecular formula is C23H23N3O2S. The van der Waals surface area contributed by atoms with Crippen molar-refractivity contribution in [3.05, 3.63) is 83.5 Å². The minimum Gasteiger partial charge on any atom is -0.478 e. The predicted molar refractivity (Wildman–Crippen MR) is 118 cm³/mol. The number of nitrogens with one attached hydrogen (secondary N) is 1. The van der Waals surface area contributed by atoms with Crippen LogP contribution in [-0.2, 0) is 6.42 Å². The summed E-state index contributed by atoms with van der Waals surface area (Å²) in [5.41, 5.74) is 2.95. The van der Waals surface area contributed by atoms with Crippen LogP contribution in [0.15, 0.2) is 60.7 Å². The molecule has 0 fully saturated rings. The number of carboxylic acid groups (broad SMARTS) is 1. The van der Waals surface area contributed by atoms with E-state index in [0.29, 0.717) is 17.5 Å². The van der Waals surface area contributed by atoms with Gasteiger partial charge in [0.1, 0.15) is 5.82 Å². The molecule has 0 bridgehead atoms. The quantitative estimate of drug-likeness (QED) is 0.378. The summed E-state index contributed by atoms with van der Waals surface area (Å²) in [4.78, 5) is 16.1. The van der Waals surface area contributed by atoms with E-state index in [0.717, 1.165) is 35.6 Å². The molecule has 3 aromatic rings. The highest BCUT2D eigenvalue weighted by Gasteiger charge is 2.15. The van der Waals surface area contributed by atoms with Crippen molar-refractivity contribution in [2.45, 2.75) is 32.1 Å². The molecule has 0 saturated heterocycles. The zero-order valence-corrected chi connectivity index (χ0v) is 17.0. The molecular weight excluding hydrogens is 382 g/mol. The lowest BCUT2D eigenvalue weighted by molar-refractivity contribution is 0.0697. The van der Waals surface area contributed by atoms with Crippen molar-refractivity contribution in [2.75, 3.05) is 0 Å². The van der Waals surface area contributed by atoms with Gasteiger partial charge in [-0.25, -0.2) is 9.78 Å². The van der Waals surface area contributed by atoms with Crippen LogP contribution in [0.5, 0.6) is 0 Å². The van der Waals surface area contributed by atoms with Gasteiger partial charge < -0.3 is 5.11 Å². The molecule has 5 nitrogen and oxygen atoms in total. The van der Waals surface area contributed by atoms with Crippen LogP contribution >= 0.6 is 12.2 Å². The van der Waals surface area contributed by atoms with Crippen molar-refractivity contribution >= 4 is 23.6 Å². The maximum Gasteiger partial charge on any atom is 0.336 e. The van der Waals surface area contributed by atoms with Gasteiger partial charge in [0.05, 0.1) is 5.56 Å². The minimum absolute atomic E-state index is 0.184. The Hall–Kier alpha value is -3.12. The Kier molecular flexibility index (Phi) is 7.03. The first-order valence-electron chi connectivity index (χ1n) is 9.50. The standard InChI is InChI=1S/C23H23N3O2S/c1-2-3-6-18(13-14-29)22-24-21(25-26-22)15-16-9-11-17(12-10-16)19-7-4-5-8-20(19)23(27)28/h2-5,7-12,14,18H,6,13,15H2,1H3,(H,27,28)(H,24,25,26). The molecule has 2 N–H and O–H groups in total. The van der Waals surface area contributed by atoms with E-state index in [1.54, 1.807) is 17.5 Å². The second-order valence-corrected chi connectivity index (χ2v) is 7.10. The molecule has 29 heavy (non-hydrogen) atoms. The lowest BCUT2D eigenvalue weighted by Gasteiger charge is -2.07. The van der Waals surface area contributed by atoms with Gasteiger partial charge in [-0.05, 0) is 47.9 Å². The fourth-order valence-corrected chi connectivity index (χ4v) is 3.44. The number of H-pyrrole nitrogens is 1. The summed E-state index contributed by atoms with van der Waals surface area (Å²) >= 11 is 5.02. The van der Waals surface area contributed by atoms with Gasteiger partial charge in [0, 0.05) is 12.3 Å². The van der Waals surface area contributed by atoms with Crippen LogP contribution < -0.4 is 0 Å². The molecule has 0 saturated carbocycles. The lowest BCUT2D eigenvalue weighted by Crippen LogP contribution is -2.01. The van der Waals surface area contributed by atoms with E-state index in [4.69, 9.17) is 12.2 Å². The summed E-state index contributed by atoms with van der Waals surface area (Å²) in [6, 6.07) is 14.9. The van der Waals surface area contributed by atoms with Crippen molar-refractivity contribution in [3.63, 3.8) is 0 Å². The third kappa shape index (κ3) is 5.23. The van der Waals surface area contributed by atoms with Crippen molar-refractivity contribution < 1.29 is 9.90 Å². The van der Waals surface area contributed by atoms with Gasteiger partial charge in [-0.1, -0.05) is 66.8 Å². The van der Waals surface area contributed by atoms with Crippen molar-refractivity contribution in [1.29, 1.82) is 0 Å². The van der Waals surface area contributed by atoms with Gasteiger partial charge in [-0.2, -0.15) is 5.10 Å². The molecule has 1 aromatic heterocycles. The van der Waals surface area contributed by atoms with E-state index in [9.17, 15) is 9.90 Å². The van der Waals surface area contributed by atoms with Gasteiger partial charge in [-0.3, -0.25) is 5.10 Å². The topological polar surface area (TPSA) is 78.9 Å². The maximum absolute atomic E-state index is 11.4. The molecule has 1 heterocycles. The summed E-state index contributed by atoms with van der Waals surface area (Å²) < 4.78 is 0. The van der Waals surface area contributed by atoms with Crippen LogP contribution in [0.1, 0.15) is 53.3 Å². The minimum atomic E-state index is -0.928. The van der Waals surface area contributed by atoms with Crippen molar-refractivity contribution in [2.24, 2.45) is 0 Å². The molecule has 1 unspecified atom stereocenters. The Morgan fingerprint density at radius 3 is 2.62 bits per heavy atom. The number of benzene rings is 2. The summed E-state index contributed by atoms with van der Waals surface area (Å²) in [7, 11) is 0. The average molecular weight is 406 g/mol. The molecule has 6 heteroatoms. The van der Waals surface area contributed by atoms with Crippen molar-refractivity contribution in [1.82, 2.24) is 15.2 Å². The number of aromatic nitrogens is 3. The number of nitrogens with zero attached hydrogens (tertiary/aromatic N) is 2. The van der Waals surface area contributed by atoms with Gasteiger partial charge >= 0.3 is 5.97 Å². The first-order chi connectivity index (χ1) is 14.1. The molecule has 3 rings (SSSR count). The predicted octanol–water partition coefficient (Wildman–Crippen LogP) is 5.20. The second-order valence-electron chi connectivity index (χ2n) is 6.77. The Balaban J connectivity index is 1.75. The highest BCUT2D eigenvalue weighted by molar-refractivity contribution is 7.78. The number of rotatable bonds is 9. The van der Waals surface area contributed by atoms with Crippen LogP contribution in [0.2, 0.25) is 0 Å². The largest absolute Gasteiger partial charge is 0.478 e. The van der Waals surface area contributed by atoms with E-state index in [1.165, 1.54) is 0 Å². The molecule has 0 amide bonds. The Morgan fingerprint density at radius 2 is 1.93 bits per heavy atom. The molecule has 1 atom stereocenters. The molecule has 0 radical (unpaired) electrons. The van der Waals surface area contributed by atoms with Crippen LogP contribution in [0, 0.1) is 0 Å². The van der Waals surface area contributed by atoms with Gasteiger partial charge in [0.25, 0.3) is 0 Å². The molecule has 0 spiro atoms. The smallest absolute Gasteiger partial charge is 0.336 e. The first kappa shape index (κ1) is 20.6. The molecule has 0 aliphatic heterocycles. The number of aromatic carboxylic acids is 1. The monoisotopic (exact) mass is 405 g/mol. The number of carbonyl (C=O) groups is 1. The maximum atomic E-state index is 11.4. The van der Waals surface area contributed by atoms with E-state index in [1.807, 2.05) is 49.4 Å². The molecule has 148 valence electrons. The fraction of sp³-hybridized carbons (Fsp3) is 0.217. The Morgan fingerprint density at radius 1 is 1.17 bits per heavy atom. The highest BCUT2D eigenvalue weighted by atomic mass is 32.1. The van der Waals surface area contributed by atoms with Crippen LogP contribution in [0.3, 0.4) is 0 Å². The summed E-state index contributed by atoms with van der Waals surface area (Å²) in [5.74, 6) is 0.839. The van der Waals surface area contributed by atoms with Crippen LogP contribution in [0.25, 0.3) is 11.1 Å². The van der Waals surface area contributed by atoms with Gasteiger partial charge in [0.15, 0.2) is 5.82 Å². The lowest BCUT2D eigenvalue weighted by atomic mass is 9.98. The van der Waals surface area contributed by atoms with Crippen LogP contribution in [0.4, 0.5) is 0 Å². The van der Waals surface area contributed by atoms with E-state index in [2.05, 4.69) is 21.3 Å². The number of hydrogen-bond acceptors (Lipinski definition) is 4. The number of carboxylic acids is 1. The molecule has 2 aromatic carbocycles. The number of aromatic amines is 1. The number of hydrogen-bond donors (Lipinski definition) is 2. The summed E-state index contributed by atoms with van der Waals surface area (Å²) in [5, 5.41) is 18.5. The Bertz CT molecular complexity index is 1010. The first-order valence-corrected chi connectivity index (χ1v) is 9.97. The third-order valence-corrected chi connectivity index (χ3v) is 4.94. The second kappa shape index (κ2) is 9.89. The third-order valence-electron chi connectivity index (χ3n) is 4.75. The van der Waals surface area contributed by atoms with Crippen LogP contribution in [-0.4, -0.2) is 31.6 Å². The average Bonchev–Trinajstić information content (AvgIpc) is 3.20. The Labute approximate surface area is 175 Å². The van der Waals surface area contributed by atoms with E-state index >= 15 is 0 Å². The summed E-state index contributed by atoms with van der Waals surface area (Å²) in [6.45, 7) is 2.00. The zero-order chi connectivity index (χ0) is 20.6. The molecule has 0 aliphatic carbocycles.